The maximum atomic E-state index is 12.0. The predicted molar refractivity (Wildman–Crippen MR) is 102 cm³/mol. The number of amides is 1. The summed E-state index contributed by atoms with van der Waals surface area (Å²) in [5, 5.41) is 11.6. The lowest BCUT2D eigenvalue weighted by Gasteiger charge is -2.09. The lowest BCUT2D eigenvalue weighted by atomic mass is 10.2. The number of ether oxygens (including phenoxy) is 2. The minimum Gasteiger partial charge on any atom is -0.489 e. The highest BCUT2D eigenvalue weighted by molar-refractivity contribution is 5.91. The molecule has 0 aliphatic heterocycles. The van der Waals surface area contributed by atoms with Crippen LogP contribution >= 0.6 is 0 Å². The van der Waals surface area contributed by atoms with Crippen LogP contribution in [0.2, 0.25) is 0 Å². The van der Waals surface area contributed by atoms with Crippen molar-refractivity contribution in [2.45, 2.75) is 6.61 Å². The molecule has 0 aliphatic carbocycles. The Morgan fingerprint density at radius 2 is 1.67 bits per heavy atom. The van der Waals surface area contributed by atoms with Gasteiger partial charge in [-0.15, -0.1) is 0 Å². The topological polar surface area (TPSA) is 71.3 Å². The quantitative estimate of drug-likeness (QED) is 0.688. The van der Waals surface area contributed by atoms with Crippen LogP contribution in [0.25, 0.3) is 0 Å². The molecular formula is C22H18N2O3. The molecule has 0 radical (unpaired) electrons. The third-order valence-electron chi connectivity index (χ3n) is 3.72. The van der Waals surface area contributed by atoms with Gasteiger partial charge in [0, 0.05) is 5.69 Å². The minimum atomic E-state index is -0.282. The molecule has 1 amide bonds. The molecule has 0 unspecified atom stereocenters. The van der Waals surface area contributed by atoms with Crippen molar-refractivity contribution >= 4 is 11.6 Å². The molecule has 0 aliphatic rings. The Morgan fingerprint density at radius 3 is 2.41 bits per heavy atom. The third-order valence-corrected chi connectivity index (χ3v) is 3.72. The maximum absolute atomic E-state index is 12.0. The van der Waals surface area contributed by atoms with Crippen LogP contribution in [0.5, 0.6) is 11.5 Å². The Bertz CT molecular complexity index is 932. The molecule has 0 saturated heterocycles. The number of anilines is 1. The van der Waals surface area contributed by atoms with Crippen molar-refractivity contribution in [3.8, 4) is 17.6 Å². The van der Waals surface area contributed by atoms with E-state index in [1.807, 2.05) is 36.4 Å². The maximum Gasteiger partial charge on any atom is 0.262 e. The van der Waals surface area contributed by atoms with E-state index < -0.39 is 0 Å². The van der Waals surface area contributed by atoms with Crippen LogP contribution in [0.4, 0.5) is 5.69 Å². The fourth-order valence-electron chi connectivity index (χ4n) is 2.38. The molecule has 0 atom stereocenters. The van der Waals surface area contributed by atoms with Gasteiger partial charge in [0.2, 0.25) is 0 Å². The normalized spacial score (nSPS) is 9.89. The summed E-state index contributed by atoms with van der Waals surface area (Å²) in [4.78, 5) is 12.0. The van der Waals surface area contributed by atoms with Gasteiger partial charge < -0.3 is 14.8 Å². The van der Waals surface area contributed by atoms with Crippen LogP contribution in [0.3, 0.4) is 0 Å². The second-order valence-corrected chi connectivity index (χ2v) is 5.78. The molecule has 0 saturated carbocycles. The first-order valence-corrected chi connectivity index (χ1v) is 8.42. The molecule has 3 rings (SSSR count). The molecule has 3 aromatic rings. The van der Waals surface area contributed by atoms with Crippen molar-refractivity contribution in [2.75, 3.05) is 11.9 Å². The number of carbonyl (C=O) groups is 1. The summed E-state index contributed by atoms with van der Waals surface area (Å²) in [6.07, 6.45) is 0. The van der Waals surface area contributed by atoms with Gasteiger partial charge in [-0.05, 0) is 48.0 Å². The second-order valence-electron chi connectivity index (χ2n) is 5.78. The summed E-state index contributed by atoms with van der Waals surface area (Å²) < 4.78 is 11.1. The number of hydrogen-bond donors (Lipinski definition) is 1. The van der Waals surface area contributed by atoms with E-state index in [2.05, 4.69) is 5.32 Å². The highest BCUT2D eigenvalue weighted by atomic mass is 16.5. The van der Waals surface area contributed by atoms with E-state index in [1.165, 1.54) is 0 Å². The molecule has 27 heavy (non-hydrogen) atoms. The van der Waals surface area contributed by atoms with Gasteiger partial charge in [0.1, 0.15) is 18.1 Å². The molecule has 0 aromatic heterocycles. The number of benzene rings is 3. The summed E-state index contributed by atoms with van der Waals surface area (Å²) >= 11 is 0. The number of rotatable bonds is 7. The molecular weight excluding hydrogens is 340 g/mol. The smallest absolute Gasteiger partial charge is 0.262 e. The highest BCUT2D eigenvalue weighted by Crippen LogP contribution is 2.17. The Labute approximate surface area is 157 Å². The average molecular weight is 358 g/mol. The van der Waals surface area contributed by atoms with Gasteiger partial charge in [0.05, 0.1) is 11.6 Å². The van der Waals surface area contributed by atoms with E-state index in [-0.39, 0.29) is 12.5 Å². The van der Waals surface area contributed by atoms with Crippen molar-refractivity contribution in [1.29, 1.82) is 5.26 Å². The first-order valence-electron chi connectivity index (χ1n) is 8.42. The summed E-state index contributed by atoms with van der Waals surface area (Å²) in [6, 6.07) is 25.8. The number of nitrogens with one attached hydrogen (secondary N) is 1. The Balaban J connectivity index is 1.47. The van der Waals surface area contributed by atoms with Crippen molar-refractivity contribution in [2.24, 2.45) is 0 Å². The SMILES string of the molecule is N#Cc1cccc(OCC(=O)Nc2ccc(OCc3ccccc3)cc2)c1. The van der Waals surface area contributed by atoms with Crippen molar-refractivity contribution < 1.29 is 14.3 Å². The first kappa shape index (κ1) is 18.0. The lowest BCUT2D eigenvalue weighted by Crippen LogP contribution is -2.20. The van der Waals surface area contributed by atoms with Crippen LogP contribution in [-0.4, -0.2) is 12.5 Å². The first-order chi connectivity index (χ1) is 13.2. The summed E-state index contributed by atoms with van der Waals surface area (Å²) in [5.74, 6) is 0.922. The molecule has 0 spiro atoms. The van der Waals surface area contributed by atoms with E-state index in [9.17, 15) is 4.79 Å². The fraction of sp³-hybridized carbons (Fsp3) is 0.0909. The molecule has 5 nitrogen and oxygen atoms in total. The molecule has 1 N–H and O–H groups in total. The second kappa shape index (κ2) is 9.07. The molecule has 0 bridgehead atoms. The number of nitriles is 1. The predicted octanol–water partition coefficient (Wildman–Crippen LogP) is 4.15. The summed E-state index contributed by atoms with van der Waals surface area (Å²) in [5.41, 5.74) is 2.23. The van der Waals surface area contributed by atoms with Crippen LogP contribution in [-0.2, 0) is 11.4 Å². The van der Waals surface area contributed by atoms with Gasteiger partial charge in [-0.3, -0.25) is 4.79 Å². The van der Waals surface area contributed by atoms with Crippen molar-refractivity contribution in [1.82, 2.24) is 0 Å². The van der Waals surface area contributed by atoms with Crippen LogP contribution < -0.4 is 14.8 Å². The summed E-state index contributed by atoms with van der Waals surface area (Å²) in [7, 11) is 0. The van der Waals surface area contributed by atoms with Crippen molar-refractivity contribution in [3.63, 3.8) is 0 Å². The van der Waals surface area contributed by atoms with Gasteiger partial charge in [-0.2, -0.15) is 5.26 Å². The van der Waals surface area contributed by atoms with Crippen LogP contribution in [0, 0.1) is 11.3 Å². The third kappa shape index (κ3) is 5.62. The van der Waals surface area contributed by atoms with Gasteiger partial charge in [0.15, 0.2) is 6.61 Å². The zero-order valence-electron chi connectivity index (χ0n) is 14.6. The van der Waals surface area contributed by atoms with E-state index >= 15 is 0 Å². The fourth-order valence-corrected chi connectivity index (χ4v) is 2.38. The number of hydrogen-bond acceptors (Lipinski definition) is 4. The molecule has 0 heterocycles. The van der Waals surface area contributed by atoms with E-state index in [4.69, 9.17) is 14.7 Å². The van der Waals surface area contributed by atoms with E-state index in [0.717, 1.165) is 11.3 Å². The molecule has 134 valence electrons. The Morgan fingerprint density at radius 1 is 0.889 bits per heavy atom. The van der Waals surface area contributed by atoms with E-state index in [0.29, 0.717) is 23.6 Å². The zero-order chi connectivity index (χ0) is 18.9. The Kier molecular flexibility index (Phi) is 6.05. The van der Waals surface area contributed by atoms with Gasteiger partial charge in [-0.1, -0.05) is 36.4 Å². The average Bonchev–Trinajstić information content (AvgIpc) is 2.73. The van der Waals surface area contributed by atoms with Crippen LogP contribution in [0.15, 0.2) is 78.9 Å². The van der Waals surface area contributed by atoms with Gasteiger partial charge in [0.25, 0.3) is 5.91 Å². The minimum absolute atomic E-state index is 0.138. The molecule has 5 heteroatoms. The lowest BCUT2D eigenvalue weighted by molar-refractivity contribution is -0.118. The van der Waals surface area contributed by atoms with Gasteiger partial charge >= 0.3 is 0 Å². The Hall–Kier alpha value is -3.78. The molecule has 0 fully saturated rings. The largest absolute Gasteiger partial charge is 0.489 e. The summed E-state index contributed by atoms with van der Waals surface area (Å²) in [6.45, 7) is 0.350. The van der Waals surface area contributed by atoms with E-state index in [1.54, 1.807) is 48.5 Å². The van der Waals surface area contributed by atoms with Crippen LogP contribution in [0.1, 0.15) is 11.1 Å². The highest BCUT2D eigenvalue weighted by Gasteiger charge is 2.05. The monoisotopic (exact) mass is 358 g/mol. The molecule has 3 aromatic carbocycles. The standard InChI is InChI=1S/C22H18N2O3/c23-14-18-7-4-8-21(13-18)27-16-22(25)24-19-9-11-20(12-10-19)26-15-17-5-2-1-3-6-17/h1-13H,15-16H2,(H,24,25). The zero-order valence-corrected chi connectivity index (χ0v) is 14.6. The number of nitrogens with zero attached hydrogens (tertiary/aromatic N) is 1. The number of carbonyl (C=O) groups excluding carboxylic acids is 1. The van der Waals surface area contributed by atoms with Crippen molar-refractivity contribution in [3.05, 3.63) is 90.0 Å². The van der Waals surface area contributed by atoms with Gasteiger partial charge in [-0.25, -0.2) is 0 Å².